The van der Waals surface area contributed by atoms with Crippen LogP contribution in [0.15, 0.2) is 36.4 Å². The molecule has 7 heteroatoms. The van der Waals surface area contributed by atoms with Crippen LogP contribution in [0.4, 0.5) is 18.9 Å². The van der Waals surface area contributed by atoms with E-state index in [1.54, 1.807) is 6.92 Å². The van der Waals surface area contributed by atoms with E-state index in [1.807, 2.05) is 17.0 Å². The molecule has 0 aromatic heterocycles. The fourth-order valence-electron chi connectivity index (χ4n) is 3.36. The molecule has 150 valence electrons. The molecular weight excluding hydrogens is 367 g/mol. The number of halogens is 3. The highest BCUT2D eigenvalue weighted by atomic mass is 19.2. The minimum Gasteiger partial charge on any atom is -0.322 e. The van der Waals surface area contributed by atoms with Gasteiger partial charge in [-0.1, -0.05) is 24.3 Å². The van der Waals surface area contributed by atoms with Crippen LogP contribution in [0.5, 0.6) is 0 Å². The molecule has 0 aliphatic carbocycles. The molecule has 1 heterocycles. The van der Waals surface area contributed by atoms with Gasteiger partial charge in [0.15, 0.2) is 17.5 Å². The molecule has 1 amide bonds. The third kappa shape index (κ3) is 4.54. The highest BCUT2D eigenvalue weighted by Crippen LogP contribution is 2.20. The summed E-state index contributed by atoms with van der Waals surface area (Å²) in [6, 6.07) is 9.58. The van der Waals surface area contributed by atoms with Crippen molar-refractivity contribution in [1.29, 1.82) is 0 Å². The molecule has 0 saturated carbocycles. The Bertz CT molecular complexity index is 851. The van der Waals surface area contributed by atoms with Gasteiger partial charge in [-0.2, -0.15) is 0 Å². The van der Waals surface area contributed by atoms with Crippen molar-refractivity contribution >= 4 is 11.6 Å². The van der Waals surface area contributed by atoms with E-state index in [4.69, 9.17) is 0 Å². The number of carbonyl (C=O) groups is 1. The van der Waals surface area contributed by atoms with Crippen LogP contribution in [0.1, 0.15) is 18.1 Å². The second-order valence-electron chi connectivity index (χ2n) is 7.13. The maximum absolute atomic E-state index is 13.8. The van der Waals surface area contributed by atoms with Gasteiger partial charge in [-0.25, -0.2) is 13.2 Å². The number of piperazine rings is 1. The number of nitrogens with one attached hydrogen (secondary N) is 1. The number of rotatable bonds is 5. The van der Waals surface area contributed by atoms with Crippen LogP contribution in [-0.4, -0.2) is 47.9 Å². The Morgan fingerprint density at radius 2 is 1.71 bits per heavy atom. The molecule has 2 aromatic rings. The van der Waals surface area contributed by atoms with Crippen LogP contribution in [0.3, 0.4) is 0 Å². The lowest BCUT2D eigenvalue weighted by atomic mass is 10.1. The second-order valence-corrected chi connectivity index (χ2v) is 7.13. The van der Waals surface area contributed by atoms with Crippen LogP contribution in [0, 0.1) is 24.4 Å². The van der Waals surface area contributed by atoms with Crippen molar-refractivity contribution in [3.05, 3.63) is 65.0 Å². The normalized spacial score (nSPS) is 16.8. The number of amides is 1. The summed E-state index contributed by atoms with van der Waals surface area (Å²) in [4.78, 5) is 16.8. The summed E-state index contributed by atoms with van der Waals surface area (Å²) >= 11 is 0. The smallest absolute Gasteiger partial charge is 0.241 e. The van der Waals surface area contributed by atoms with E-state index < -0.39 is 29.4 Å². The molecule has 1 saturated heterocycles. The molecular formula is C21H24F3N3O. The molecule has 28 heavy (non-hydrogen) atoms. The van der Waals surface area contributed by atoms with E-state index in [-0.39, 0.29) is 5.69 Å². The number of aryl methyl sites for hydroxylation is 1. The standard InChI is InChI=1S/C21H24F3N3O/c1-14-5-3-4-6-16(14)13-26-9-11-27(12-10-26)15(2)21(28)25-18-8-7-17(22)19(23)20(18)24/h3-8,15H,9-13H2,1-2H3,(H,25,28)/t15-/m0/s1. The highest BCUT2D eigenvalue weighted by Gasteiger charge is 2.26. The molecule has 0 unspecified atom stereocenters. The van der Waals surface area contributed by atoms with Gasteiger partial charge in [0, 0.05) is 32.7 Å². The van der Waals surface area contributed by atoms with Gasteiger partial charge in [-0.15, -0.1) is 0 Å². The van der Waals surface area contributed by atoms with Crippen LogP contribution >= 0.6 is 0 Å². The number of nitrogens with zero attached hydrogens (tertiary/aromatic N) is 2. The molecule has 2 aromatic carbocycles. The van der Waals surface area contributed by atoms with Gasteiger partial charge in [0.05, 0.1) is 11.7 Å². The lowest BCUT2D eigenvalue weighted by molar-refractivity contribution is -0.121. The number of carbonyl (C=O) groups excluding carboxylic acids is 1. The zero-order valence-corrected chi connectivity index (χ0v) is 16.0. The summed E-state index contributed by atoms with van der Waals surface area (Å²) in [5.74, 6) is -4.70. The van der Waals surface area contributed by atoms with Gasteiger partial charge < -0.3 is 5.32 Å². The molecule has 1 atom stereocenters. The van der Waals surface area contributed by atoms with E-state index in [0.29, 0.717) is 13.1 Å². The minimum atomic E-state index is -1.59. The summed E-state index contributed by atoms with van der Waals surface area (Å²) in [5, 5.41) is 2.36. The van der Waals surface area contributed by atoms with E-state index in [9.17, 15) is 18.0 Å². The Labute approximate surface area is 162 Å². The number of benzene rings is 2. The summed E-state index contributed by atoms with van der Waals surface area (Å²) in [5.41, 5.74) is 2.19. The van der Waals surface area contributed by atoms with E-state index in [0.717, 1.165) is 31.8 Å². The predicted molar refractivity (Wildman–Crippen MR) is 102 cm³/mol. The first kappa shape index (κ1) is 20.4. The first-order chi connectivity index (χ1) is 13.4. The summed E-state index contributed by atoms with van der Waals surface area (Å²) in [7, 11) is 0. The maximum Gasteiger partial charge on any atom is 0.241 e. The average Bonchev–Trinajstić information content (AvgIpc) is 2.70. The Balaban J connectivity index is 1.55. The molecule has 3 rings (SSSR count). The third-order valence-corrected chi connectivity index (χ3v) is 5.28. The van der Waals surface area contributed by atoms with Crippen molar-refractivity contribution in [1.82, 2.24) is 9.80 Å². The molecule has 4 nitrogen and oxygen atoms in total. The largest absolute Gasteiger partial charge is 0.322 e. The molecule has 0 bridgehead atoms. The van der Waals surface area contributed by atoms with Crippen molar-refractivity contribution in [3.63, 3.8) is 0 Å². The first-order valence-electron chi connectivity index (χ1n) is 9.32. The summed E-state index contributed by atoms with van der Waals surface area (Å²) in [6.07, 6.45) is 0. The molecule has 1 N–H and O–H groups in total. The number of hydrogen-bond acceptors (Lipinski definition) is 3. The third-order valence-electron chi connectivity index (χ3n) is 5.28. The predicted octanol–water partition coefficient (Wildman–Crippen LogP) is 3.56. The molecule has 1 fully saturated rings. The topological polar surface area (TPSA) is 35.6 Å². The van der Waals surface area contributed by atoms with Gasteiger partial charge >= 0.3 is 0 Å². The Hall–Kier alpha value is -2.38. The van der Waals surface area contributed by atoms with Gasteiger partial charge in [-0.3, -0.25) is 14.6 Å². The van der Waals surface area contributed by atoms with E-state index >= 15 is 0 Å². The zero-order valence-electron chi connectivity index (χ0n) is 16.0. The van der Waals surface area contributed by atoms with Crippen LogP contribution in [-0.2, 0) is 11.3 Å². The second kappa shape index (κ2) is 8.75. The van der Waals surface area contributed by atoms with Crippen LogP contribution in [0.2, 0.25) is 0 Å². The quantitative estimate of drug-likeness (QED) is 0.792. The fourth-order valence-corrected chi connectivity index (χ4v) is 3.36. The monoisotopic (exact) mass is 391 g/mol. The van der Waals surface area contributed by atoms with Gasteiger partial charge in [-0.05, 0) is 37.1 Å². The fraction of sp³-hybridized carbons (Fsp3) is 0.381. The summed E-state index contributed by atoms with van der Waals surface area (Å²) in [6.45, 7) is 7.69. The van der Waals surface area contributed by atoms with Crippen molar-refractivity contribution in [2.24, 2.45) is 0 Å². The molecule has 0 radical (unpaired) electrons. The van der Waals surface area contributed by atoms with Gasteiger partial charge in [0.25, 0.3) is 0 Å². The van der Waals surface area contributed by atoms with Gasteiger partial charge in [0.1, 0.15) is 0 Å². The lowest BCUT2D eigenvalue weighted by Gasteiger charge is -2.37. The highest BCUT2D eigenvalue weighted by molar-refractivity contribution is 5.94. The Morgan fingerprint density at radius 3 is 2.39 bits per heavy atom. The van der Waals surface area contributed by atoms with Gasteiger partial charge in [0.2, 0.25) is 5.91 Å². The van der Waals surface area contributed by atoms with Crippen molar-refractivity contribution in [2.75, 3.05) is 31.5 Å². The molecule has 1 aliphatic rings. The van der Waals surface area contributed by atoms with Crippen LogP contribution < -0.4 is 5.32 Å². The lowest BCUT2D eigenvalue weighted by Crippen LogP contribution is -2.52. The first-order valence-corrected chi connectivity index (χ1v) is 9.32. The average molecular weight is 391 g/mol. The molecule has 1 aliphatic heterocycles. The van der Waals surface area contributed by atoms with E-state index in [2.05, 4.69) is 29.3 Å². The zero-order chi connectivity index (χ0) is 20.3. The SMILES string of the molecule is Cc1ccccc1CN1CCN([C@@H](C)C(=O)Nc2ccc(F)c(F)c2F)CC1. The Kier molecular flexibility index (Phi) is 6.36. The van der Waals surface area contributed by atoms with E-state index in [1.165, 1.54) is 11.1 Å². The number of hydrogen-bond donors (Lipinski definition) is 1. The van der Waals surface area contributed by atoms with Crippen LogP contribution in [0.25, 0.3) is 0 Å². The summed E-state index contributed by atoms with van der Waals surface area (Å²) < 4.78 is 40.1. The molecule has 0 spiro atoms. The van der Waals surface area contributed by atoms with Crippen molar-refractivity contribution in [3.8, 4) is 0 Å². The minimum absolute atomic E-state index is 0.353. The maximum atomic E-state index is 13.8. The number of anilines is 1. The van der Waals surface area contributed by atoms with Crippen molar-refractivity contribution < 1.29 is 18.0 Å². The van der Waals surface area contributed by atoms with Crippen molar-refractivity contribution in [2.45, 2.75) is 26.4 Å². The Morgan fingerprint density at radius 1 is 1.04 bits per heavy atom.